The second-order valence-electron chi connectivity index (χ2n) is 6.48. The number of anilines is 1. The van der Waals surface area contributed by atoms with Gasteiger partial charge in [0.1, 0.15) is 6.61 Å². The molecule has 3 rings (SSSR count). The Morgan fingerprint density at radius 3 is 2.72 bits per heavy atom. The zero-order valence-corrected chi connectivity index (χ0v) is 17.3. The van der Waals surface area contributed by atoms with Gasteiger partial charge in [0.15, 0.2) is 11.5 Å². The van der Waals surface area contributed by atoms with Gasteiger partial charge in [0.2, 0.25) is 11.7 Å². The number of hydrogen-bond acceptors (Lipinski definition) is 8. The third kappa shape index (κ3) is 6.29. The maximum absolute atomic E-state index is 12.0. The summed E-state index contributed by atoms with van der Waals surface area (Å²) in [6, 6.07) is 15.0. The van der Waals surface area contributed by atoms with E-state index in [2.05, 4.69) is 26.0 Å². The number of ether oxygens (including phenoxy) is 2. The highest BCUT2D eigenvalue weighted by molar-refractivity contribution is 5.86. The van der Waals surface area contributed by atoms with Gasteiger partial charge in [-0.2, -0.15) is 5.10 Å². The molecule has 2 aromatic carbocycles. The number of methoxy groups -OCH3 is 1. The van der Waals surface area contributed by atoms with Crippen LogP contribution in [0.3, 0.4) is 0 Å². The Balaban J connectivity index is 1.56. The van der Waals surface area contributed by atoms with Crippen LogP contribution in [0.2, 0.25) is 0 Å². The Morgan fingerprint density at radius 1 is 1.16 bits per heavy atom. The maximum atomic E-state index is 12.0. The molecule has 0 aliphatic heterocycles. The quantitative estimate of drug-likeness (QED) is 0.272. The molecule has 0 fully saturated rings. The van der Waals surface area contributed by atoms with Crippen molar-refractivity contribution >= 4 is 17.9 Å². The Labute approximate surface area is 182 Å². The standard InChI is InChI=1S/C21H22N6O5/c1-31-16-9-5-8-15(18(16)32-13-14-6-3-2-4-7-14)12-23-25-17(28)10-11-22-19-20(29)24-21(30)27-26-19/h2-9,12H,10-11,13H2,1H3,(H,22,26)(H,25,28)(H2,24,27,29,30)/b23-12+. The first-order valence-corrected chi connectivity index (χ1v) is 9.65. The number of nitrogens with one attached hydrogen (secondary N) is 4. The highest BCUT2D eigenvalue weighted by atomic mass is 16.5. The summed E-state index contributed by atoms with van der Waals surface area (Å²) in [5, 5.41) is 12.3. The number of aromatic amines is 2. The highest BCUT2D eigenvalue weighted by Crippen LogP contribution is 2.30. The minimum Gasteiger partial charge on any atom is -0.493 e. The predicted molar refractivity (Wildman–Crippen MR) is 118 cm³/mol. The van der Waals surface area contributed by atoms with Crippen molar-refractivity contribution in [2.45, 2.75) is 13.0 Å². The summed E-state index contributed by atoms with van der Waals surface area (Å²) in [6.45, 7) is 0.464. The fourth-order valence-electron chi connectivity index (χ4n) is 2.67. The molecule has 0 unspecified atom stereocenters. The first kappa shape index (κ1) is 22.3. The van der Waals surface area contributed by atoms with Gasteiger partial charge in [-0.15, -0.1) is 5.10 Å². The number of benzene rings is 2. The lowest BCUT2D eigenvalue weighted by Gasteiger charge is -2.13. The summed E-state index contributed by atoms with van der Waals surface area (Å²) < 4.78 is 11.3. The van der Waals surface area contributed by atoms with Crippen LogP contribution in [-0.4, -0.2) is 41.0 Å². The molecule has 0 atom stereocenters. The second-order valence-corrected chi connectivity index (χ2v) is 6.48. The number of amides is 1. The van der Waals surface area contributed by atoms with Crippen LogP contribution in [0.15, 0.2) is 63.2 Å². The number of carbonyl (C=O) groups is 1. The van der Waals surface area contributed by atoms with E-state index in [-0.39, 0.29) is 24.7 Å². The van der Waals surface area contributed by atoms with Gasteiger partial charge in [-0.25, -0.2) is 15.3 Å². The molecular weight excluding hydrogens is 416 g/mol. The summed E-state index contributed by atoms with van der Waals surface area (Å²) >= 11 is 0. The molecule has 0 bridgehead atoms. The molecule has 11 heteroatoms. The maximum Gasteiger partial charge on any atom is 0.342 e. The van der Waals surface area contributed by atoms with Gasteiger partial charge in [-0.05, 0) is 17.7 Å². The Hall–Kier alpha value is -4.41. The molecule has 0 aliphatic rings. The van der Waals surface area contributed by atoms with E-state index in [1.807, 2.05) is 35.3 Å². The summed E-state index contributed by atoms with van der Waals surface area (Å²) in [5.41, 5.74) is 2.65. The largest absolute Gasteiger partial charge is 0.493 e. The van der Waals surface area contributed by atoms with Crippen LogP contribution in [-0.2, 0) is 11.4 Å². The molecule has 1 aromatic heterocycles. The van der Waals surface area contributed by atoms with E-state index < -0.39 is 11.2 Å². The van der Waals surface area contributed by atoms with Crippen LogP contribution < -0.4 is 31.5 Å². The van der Waals surface area contributed by atoms with Crippen molar-refractivity contribution in [1.29, 1.82) is 0 Å². The fraction of sp³-hybridized carbons (Fsp3) is 0.190. The third-order valence-corrected chi connectivity index (χ3v) is 4.20. The average Bonchev–Trinajstić information content (AvgIpc) is 2.80. The number of hydrogen-bond donors (Lipinski definition) is 4. The third-order valence-electron chi connectivity index (χ3n) is 4.20. The molecule has 32 heavy (non-hydrogen) atoms. The van der Waals surface area contributed by atoms with Crippen molar-refractivity contribution in [3.05, 3.63) is 80.5 Å². The number of nitrogens with zero attached hydrogens (tertiary/aromatic N) is 2. The van der Waals surface area contributed by atoms with Gasteiger partial charge >= 0.3 is 5.69 Å². The summed E-state index contributed by atoms with van der Waals surface area (Å²) in [6.07, 6.45) is 1.48. The average molecular weight is 438 g/mol. The minimum atomic E-state index is -0.711. The smallest absolute Gasteiger partial charge is 0.342 e. The van der Waals surface area contributed by atoms with Crippen LogP contribution in [0.1, 0.15) is 17.5 Å². The van der Waals surface area contributed by atoms with Crippen molar-refractivity contribution in [3.63, 3.8) is 0 Å². The molecular formula is C21H22N6O5. The number of para-hydroxylation sites is 1. The Bertz CT molecular complexity index is 1190. The number of aromatic nitrogens is 3. The van der Waals surface area contributed by atoms with Gasteiger partial charge in [0, 0.05) is 18.5 Å². The van der Waals surface area contributed by atoms with Crippen molar-refractivity contribution in [3.8, 4) is 11.5 Å². The van der Waals surface area contributed by atoms with Crippen LogP contribution in [0, 0.1) is 0 Å². The molecule has 0 aliphatic carbocycles. The molecule has 3 aromatic rings. The topological polar surface area (TPSA) is 151 Å². The van der Waals surface area contributed by atoms with E-state index in [1.165, 1.54) is 6.21 Å². The molecule has 4 N–H and O–H groups in total. The van der Waals surface area contributed by atoms with Crippen molar-refractivity contribution in [2.75, 3.05) is 19.0 Å². The SMILES string of the molecule is COc1cccc(/C=N/NC(=O)CCNc2n[nH]c(=O)[nH]c2=O)c1OCc1ccccc1. The first-order chi connectivity index (χ1) is 15.6. The van der Waals surface area contributed by atoms with Gasteiger partial charge in [0.25, 0.3) is 5.56 Å². The van der Waals surface area contributed by atoms with E-state index in [4.69, 9.17) is 9.47 Å². The molecule has 0 saturated heterocycles. The first-order valence-electron chi connectivity index (χ1n) is 9.65. The Kier molecular flexibility index (Phi) is 7.73. The molecule has 0 radical (unpaired) electrons. The van der Waals surface area contributed by atoms with Gasteiger partial charge in [0.05, 0.1) is 13.3 Å². The zero-order valence-electron chi connectivity index (χ0n) is 17.3. The van der Waals surface area contributed by atoms with Crippen LogP contribution in [0.25, 0.3) is 0 Å². The number of H-pyrrole nitrogens is 2. The predicted octanol–water partition coefficient (Wildman–Crippen LogP) is 0.998. The van der Waals surface area contributed by atoms with E-state index >= 15 is 0 Å². The molecule has 1 amide bonds. The normalized spacial score (nSPS) is 10.7. The van der Waals surface area contributed by atoms with Crippen molar-refractivity contribution < 1.29 is 14.3 Å². The summed E-state index contributed by atoms with van der Waals surface area (Å²) in [4.78, 5) is 36.5. The van der Waals surface area contributed by atoms with Gasteiger partial charge in [-0.1, -0.05) is 36.4 Å². The van der Waals surface area contributed by atoms with Crippen molar-refractivity contribution in [2.24, 2.45) is 5.10 Å². The highest BCUT2D eigenvalue weighted by Gasteiger charge is 2.10. The molecule has 0 saturated carbocycles. The van der Waals surface area contributed by atoms with Gasteiger partial charge in [-0.3, -0.25) is 14.6 Å². The summed E-state index contributed by atoms with van der Waals surface area (Å²) in [5.74, 6) is 0.572. The lowest BCUT2D eigenvalue weighted by atomic mass is 10.2. The molecule has 0 spiro atoms. The van der Waals surface area contributed by atoms with Crippen molar-refractivity contribution in [1.82, 2.24) is 20.6 Å². The van der Waals surface area contributed by atoms with E-state index in [0.717, 1.165) is 5.56 Å². The Morgan fingerprint density at radius 2 is 1.97 bits per heavy atom. The second kappa shape index (κ2) is 11.1. The van der Waals surface area contributed by atoms with E-state index in [1.54, 1.807) is 25.3 Å². The molecule has 166 valence electrons. The van der Waals surface area contributed by atoms with E-state index in [0.29, 0.717) is 23.7 Å². The number of rotatable bonds is 10. The monoisotopic (exact) mass is 438 g/mol. The van der Waals surface area contributed by atoms with E-state index in [9.17, 15) is 14.4 Å². The van der Waals surface area contributed by atoms with Crippen LogP contribution >= 0.6 is 0 Å². The fourth-order valence-corrected chi connectivity index (χ4v) is 2.67. The zero-order chi connectivity index (χ0) is 22.8. The minimum absolute atomic E-state index is 0.0209. The number of hydrazone groups is 1. The lowest BCUT2D eigenvalue weighted by Crippen LogP contribution is -2.28. The van der Waals surface area contributed by atoms with Gasteiger partial charge < -0.3 is 14.8 Å². The lowest BCUT2D eigenvalue weighted by molar-refractivity contribution is -0.120. The number of carbonyl (C=O) groups excluding carboxylic acids is 1. The van der Waals surface area contributed by atoms with Crippen LogP contribution in [0.4, 0.5) is 5.82 Å². The van der Waals surface area contributed by atoms with Crippen LogP contribution in [0.5, 0.6) is 11.5 Å². The molecule has 1 heterocycles. The summed E-state index contributed by atoms with van der Waals surface area (Å²) in [7, 11) is 1.54. The molecule has 11 nitrogen and oxygen atoms in total.